The van der Waals surface area contributed by atoms with E-state index in [1.165, 1.54) is 80.6 Å². The monoisotopic (exact) mass is 624 g/mol. The fourth-order valence-electron chi connectivity index (χ4n) is 9.17. The molecule has 0 bridgehead atoms. The van der Waals surface area contributed by atoms with E-state index in [9.17, 15) is 0 Å². The van der Waals surface area contributed by atoms with Crippen LogP contribution in [0, 0.1) is 11.8 Å². The molecular formula is C46H40S. The van der Waals surface area contributed by atoms with Crippen LogP contribution in [0.1, 0.15) is 58.4 Å². The lowest BCUT2D eigenvalue weighted by atomic mass is 9.93. The van der Waals surface area contributed by atoms with E-state index in [2.05, 4.69) is 146 Å². The van der Waals surface area contributed by atoms with Gasteiger partial charge in [0.1, 0.15) is 0 Å². The Hall–Kier alpha value is -4.33. The predicted molar refractivity (Wildman–Crippen MR) is 205 cm³/mol. The van der Waals surface area contributed by atoms with Crippen molar-refractivity contribution >= 4 is 43.7 Å². The van der Waals surface area contributed by atoms with Crippen LogP contribution in [0.25, 0.3) is 56.0 Å². The summed E-state index contributed by atoms with van der Waals surface area (Å²) in [6, 6.07) is 45.9. The Morgan fingerprint density at radius 1 is 0.426 bits per heavy atom. The van der Waals surface area contributed by atoms with Crippen molar-refractivity contribution in [3.05, 3.63) is 155 Å². The third-order valence-electron chi connectivity index (χ3n) is 11.5. The Morgan fingerprint density at radius 3 is 1.26 bits per heavy atom. The fraction of sp³-hybridized carbons (Fsp3) is 0.217. The highest BCUT2D eigenvalue weighted by Gasteiger charge is 2.49. The number of benzene rings is 6. The van der Waals surface area contributed by atoms with Gasteiger partial charge in [0.05, 0.1) is 0 Å². The molecule has 0 aliphatic heterocycles. The number of rotatable bonds is 6. The third kappa shape index (κ3) is 4.29. The van der Waals surface area contributed by atoms with Crippen molar-refractivity contribution in [3.8, 4) is 22.3 Å². The second-order valence-electron chi connectivity index (χ2n) is 14.8. The van der Waals surface area contributed by atoms with Crippen LogP contribution in [0.4, 0.5) is 0 Å². The quantitative estimate of drug-likeness (QED) is 0.173. The highest BCUT2D eigenvalue weighted by molar-refractivity contribution is 8.33. The van der Waals surface area contributed by atoms with Gasteiger partial charge in [-0.25, -0.2) is 10.0 Å². The molecule has 1 heteroatoms. The Bertz CT molecular complexity index is 2130. The highest BCUT2D eigenvalue weighted by atomic mass is 32.3. The lowest BCUT2D eigenvalue weighted by Crippen LogP contribution is -2.19. The number of hydrogen-bond donors (Lipinski definition) is 0. The molecule has 2 unspecified atom stereocenters. The van der Waals surface area contributed by atoms with E-state index in [4.69, 9.17) is 0 Å². The SMILES string of the molecule is CS(C)(C1C(C2CC2)=Cc2c(-c3cccc4ccccc34)cccc21)C1C(C2CC2)=Cc2c(-c3cccc4ccccc34)cccc21. The van der Waals surface area contributed by atoms with Crippen molar-refractivity contribution in [2.75, 3.05) is 12.5 Å². The zero-order chi connectivity index (χ0) is 31.3. The zero-order valence-corrected chi connectivity index (χ0v) is 28.1. The van der Waals surface area contributed by atoms with Gasteiger partial charge < -0.3 is 0 Å². The van der Waals surface area contributed by atoms with Crippen molar-refractivity contribution in [3.63, 3.8) is 0 Å². The Labute approximate surface area is 280 Å². The van der Waals surface area contributed by atoms with E-state index in [0.29, 0.717) is 10.5 Å². The molecule has 0 amide bonds. The van der Waals surface area contributed by atoms with Crippen LogP contribution in [-0.2, 0) is 0 Å². The molecule has 4 aliphatic rings. The summed E-state index contributed by atoms with van der Waals surface area (Å²) in [6.07, 6.45) is 16.1. The molecule has 4 aliphatic carbocycles. The van der Waals surface area contributed by atoms with E-state index in [0.717, 1.165) is 11.8 Å². The first-order valence-corrected chi connectivity index (χ1v) is 20.0. The zero-order valence-electron chi connectivity index (χ0n) is 27.2. The summed E-state index contributed by atoms with van der Waals surface area (Å²) < 4.78 is 0. The molecule has 0 radical (unpaired) electrons. The maximum Gasteiger partial charge on any atom is 0.0366 e. The van der Waals surface area contributed by atoms with Crippen molar-refractivity contribution in [1.82, 2.24) is 0 Å². The molecule has 230 valence electrons. The second-order valence-corrected chi connectivity index (χ2v) is 18.7. The molecule has 6 aromatic carbocycles. The molecule has 0 N–H and O–H groups in total. The van der Waals surface area contributed by atoms with Crippen LogP contribution in [0.2, 0.25) is 0 Å². The molecule has 2 atom stereocenters. The molecule has 2 saturated carbocycles. The van der Waals surface area contributed by atoms with Gasteiger partial charge in [-0.1, -0.05) is 145 Å². The van der Waals surface area contributed by atoms with Gasteiger partial charge in [0.2, 0.25) is 0 Å². The molecule has 0 aromatic heterocycles. The van der Waals surface area contributed by atoms with Crippen LogP contribution >= 0.6 is 10.0 Å². The van der Waals surface area contributed by atoms with E-state index < -0.39 is 10.0 Å². The van der Waals surface area contributed by atoms with Crippen molar-refractivity contribution < 1.29 is 0 Å². The normalized spacial score (nSPS) is 20.6. The first-order valence-electron chi connectivity index (χ1n) is 17.4. The van der Waals surface area contributed by atoms with Crippen LogP contribution in [0.3, 0.4) is 0 Å². The molecule has 0 saturated heterocycles. The first-order chi connectivity index (χ1) is 23.1. The summed E-state index contributed by atoms with van der Waals surface area (Å²) in [6.45, 7) is 0. The van der Waals surface area contributed by atoms with Gasteiger partial charge >= 0.3 is 0 Å². The summed E-state index contributed by atoms with van der Waals surface area (Å²) in [5.41, 5.74) is 15.1. The summed E-state index contributed by atoms with van der Waals surface area (Å²) >= 11 is 0. The molecule has 6 aromatic rings. The van der Waals surface area contributed by atoms with Gasteiger partial charge in [-0.3, -0.25) is 0 Å². The van der Waals surface area contributed by atoms with Crippen molar-refractivity contribution in [1.29, 1.82) is 0 Å². The smallest absolute Gasteiger partial charge is 0.0366 e. The van der Waals surface area contributed by atoms with Gasteiger partial charge in [0, 0.05) is 10.5 Å². The molecule has 0 nitrogen and oxygen atoms in total. The Morgan fingerprint density at radius 2 is 0.809 bits per heavy atom. The van der Waals surface area contributed by atoms with Crippen molar-refractivity contribution in [2.24, 2.45) is 11.8 Å². The van der Waals surface area contributed by atoms with Crippen LogP contribution in [-0.4, -0.2) is 12.5 Å². The summed E-state index contributed by atoms with van der Waals surface area (Å²) in [7, 11) is -1.19. The van der Waals surface area contributed by atoms with E-state index in [1.807, 2.05) is 0 Å². The lowest BCUT2D eigenvalue weighted by Gasteiger charge is -2.47. The largest absolute Gasteiger partial charge is 0.226 e. The number of fused-ring (bicyclic) bond motifs is 4. The van der Waals surface area contributed by atoms with Crippen LogP contribution in [0.15, 0.2) is 132 Å². The average Bonchev–Trinajstić information content (AvgIpc) is 4.05. The van der Waals surface area contributed by atoms with Crippen LogP contribution < -0.4 is 0 Å². The highest BCUT2D eigenvalue weighted by Crippen LogP contribution is 2.76. The first kappa shape index (κ1) is 27.8. The fourth-order valence-corrected chi connectivity index (χ4v) is 13.1. The molecular weight excluding hydrogens is 585 g/mol. The molecule has 2 fully saturated rings. The predicted octanol–water partition coefficient (Wildman–Crippen LogP) is 12.8. The Kier molecular flexibility index (Phi) is 6.10. The van der Waals surface area contributed by atoms with E-state index in [1.54, 1.807) is 22.3 Å². The second kappa shape index (κ2) is 10.3. The van der Waals surface area contributed by atoms with Gasteiger partial charge in [0.25, 0.3) is 0 Å². The van der Waals surface area contributed by atoms with Gasteiger partial charge in [0.15, 0.2) is 0 Å². The maximum absolute atomic E-state index is 2.69. The van der Waals surface area contributed by atoms with Crippen LogP contribution in [0.5, 0.6) is 0 Å². The van der Waals surface area contributed by atoms with Gasteiger partial charge in [-0.15, -0.1) is 0 Å². The molecule has 0 spiro atoms. The average molecular weight is 625 g/mol. The molecule has 10 rings (SSSR count). The minimum Gasteiger partial charge on any atom is -0.226 e. The summed E-state index contributed by atoms with van der Waals surface area (Å²) in [5.74, 6) is 1.46. The summed E-state index contributed by atoms with van der Waals surface area (Å²) in [5, 5.41) is 6.31. The lowest BCUT2D eigenvalue weighted by molar-refractivity contribution is 0.903. The minimum absolute atomic E-state index is 0.485. The standard InChI is InChI=1S/C46H40S/c1-47(2,45-39-21-9-19-37(43(39)27-41(45)31-23-24-31)35-17-7-13-29-11-3-5-15-33(29)35)46-40-22-10-20-38(44(40)28-42(46)32-25-26-32)36-18-8-14-30-12-4-6-16-34(30)36/h3-22,27-28,31-32,45-46H,23-26H2,1-2H3. The topological polar surface area (TPSA) is 0 Å². The van der Waals surface area contributed by atoms with Gasteiger partial charge in [-0.2, -0.15) is 0 Å². The van der Waals surface area contributed by atoms with Gasteiger partial charge in [-0.05, 0) is 116 Å². The third-order valence-corrected chi connectivity index (χ3v) is 15.0. The van der Waals surface area contributed by atoms with E-state index in [-0.39, 0.29) is 0 Å². The van der Waals surface area contributed by atoms with E-state index >= 15 is 0 Å². The van der Waals surface area contributed by atoms with Crippen molar-refractivity contribution in [2.45, 2.75) is 36.2 Å². The maximum atomic E-state index is 2.69. The Balaban J connectivity index is 1.14. The minimum atomic E-state index is -1.19. The molecule has 0 heterocycles. The number of hydrogen-bond acceptors (Lipinski definition) is 0. The summed E-state index contributed by atoms with van der Waals surface area (Å²) in [4.78, 5) is 0. The molecule has 47 heavy (non-hydrogen) atoms.